The number of ether oxygens (including phenoxy) is 2. The molecule has 0 bridgehead atoms. The highest BCUT2D eigenvalue weighted by Crippen LogP contribution is 2.39. The number of rotatable bonds is 7. The Morgan fingerprint density at radius 1 is 0.875 bits per heavy atom. The van der Waals surface area contributed by atoms with Crippen molar-refractivity contribution in [3.05, 3.63) is 59.7 Å². The van der Waals surface area contributed by atoms with Gasteiger partial charge in [0.2, 0.25) is 0 Å². The van der Waals surface area contributed by atoms with E-state index < -0.39 is 17.8 Å². The van der Waals surface area contributed by atoms with Gasteiger partial charge in [0.05, 0.1) is 20.8 Å². The van der Waals surface area contributed by atoms with Crippen LogP contribution in [0.1, 0.15) is 11.1 Å². The third kappa shape index (κ3) is 2.87. The molecule has 0 saturated heterocycles. The zero-order chi connectivity index (χ0) is 17.8. The number of hydrogen-bond donors (Lipinski definition) is 3. The van der Waals surface area contributed by atoms with E-state index in [1.165, 1.54) is 38.5 Å². The van der Waals surface area contributed by atoms with Gasteiger partial charge in [0, 0.05) is 0 Å². The van der Waals surface area contributed by atoms with Crippen LogP contribution in [0.25, 0.3) is 0 Å². The summed E-state index contributed by atoms with van der Waals surface area (Å²) in [5.41, 5.74) is -4.10. The zero-order valence-corrected chi connectivity index (χ0v) is 13.5. The van der Waals surface area contributed by atoms with Gasteiger partial charge in [-0.3, -0.25) is 4.79 Å². The number of benzene rings is 2. The lowest BCUT2D eigenvalue weighted by Crippen LogP contribution is -2.56. The van der Waals surface area contributed by atoms with Gasteiger partial charge in [0.15, 0.2) is 17.5 Å². The van der Waals surface area contributed by atoms with Gasteiger partial charge in [0.1, 0.15) is 11.5 Å². The Morgan fingerprint density at radius 2 is 1.25 bits per heavy atom. The number of hydrogen-bond acceptors (Lipinski definition) is 6. The van der Waals surface area contributed by atoms with Crippen LogP contribution in [0.15, 0.2) is 48.5 Å². The van der Waals surface area contributed by atoms with E-state index in [0.29, 0.717) is 11.5 Å². The van der Waals surface area contributed by atoms with Crippen LogP contribution in [-0.4, -0.2) is 48.0 Å². The first-order valence-corrected chi connectivity index (χ1v) is 7.26. The minimum Gasteiger partial charge on any atom is -0.497 e. The minimum atomic E-state index is -2.42. The lowest BCUT2D eigenvalue weighted by molar-refractivity contribution is -0.164. The number of aldehydes is 1. The molecule has 6 nitrogen and oxygen atoms in total. The first-order chi connectivity index (χ1) is 11.4. The molecule has 0 saturated carbocycles. The minimum absolute atomic E-state index is 0.140. The number of aliphatic hydroxyl groups is 3. The number of carbonyl (C=O) groups is 1. The van der Waals surface area contributed by atoms with Gasteiger partial charge in [-0.2, -0.15) is 0 Å². The fraction of sp³-hybridized carbons (Fsp3) is 0.278. The van der Waals surface area contributed by atoms with Crippen molar-refractivity contribution >= 4 is 6.29 Å². The molecule has 0 aliphatic carbocycles. The second kappa shape index (κ2) is 7.00. The third-order valence-corrected chi connectivity index (χ3v) is 4.08. The Kier molecular flexibility index (Phi) is 5.23. The summed E-state index contributed by atoms with van der Waals surface area (Å²) in [5.74, 6) is 1.10. The summed E-state index contributed by atoms with van der Waals surface area (Å²) in [6.07, 6.45) is 0.140. The molecule has 128 valence electrons. The summed E-state index contributed by atoms with van der Waals surface area (Å²) >= 11 is 0. The van der Waals surface area contributed by atoms with Crippen molar-refractivity contribution in [1.29, 1.82) is 0 Å². The largest absolute Gasteiger partial charge is 0.497 e. The topological polar surface area (TPSA) is 96.2 Å². The summed E-state index contributed by atoms with van der Waals surface area (Å²) < 4.78 is 10.2. The maximum absolute atomic E-state index is 11.5. The van der Waals surface area contributed by atoms with Crippen LogP contribution in [0, 0.1) is 0 Å². The van der Waals surface area contributed by atoms with Crippen LogP contribution in [0.2, 0.25) is 0 Å². The van der Waals surface area contributed by atoms with Crippen molar-refractivity contribution in [1.82, 2.24) is 0 Å². The molecule has 1 atom stereocenters. The fourth-order valence-electron chi connectivity index (χ4n) is 2.57. The van der Waals surface area contributed by atoms with E-state index >= 15 is 0 Å². The van der Waals surface area contributed by atoms with Crippen molar-refractivity contribution in [2.24, 2.45) is 0 Å². The molecule has 0 heterocycles. The molecule has 6 heteroatoms. The molecule has 3 N–H and O–H groups in total. The summed E-state index contributed by atoms with van der Waals surface area (Å²) in [6, 6.07) is 12.4. The van der Waals surface area contributed by atoms with Crippen molar-refractivity contribution in [2.45, 2.75) is 11.2 Å². The highest BCUT2D eigenvalue weighted by Gasteiger charge is 2.52. The van der Waals surface area contributed by atoms with Crippen LogP contribution in [0.5, 0.6) is 11.5 Å². The molecule has 0 aliphatic rings. The molecule has 0 aliphatic heterocycles. The Balaban J connectivity index is 2.65. The first-order valence-electron chi connectivity index (χ1n) is 7.26. The van der Waals surface area contributed by atoms with E-state index in [2.05, 4.69) is 0 Å². The van der Waals surface area contributed by atoms with Crippen molar-refractivity contribution in [2.75, 3.05) is 20.8 Å². The first kappa shape index (κ1) is 17.9. The van der Waals surface area contributed by atoms with Gasteiger partial charge < -0.3 is 24.8 Å². The van der Waals surface area contributed by atoms with Crippen LogP contribution >= 0.6 is 0 Å². The van der Waals surface area contributed by atoms with E-state index in [4.69, 9.17) is 9.47 Å². The predicted octanol–water partition coefficient (Wildman–Crippen LogP) is 0.862. The average molecular weight is 332 g/mol. The molecule has 2 rings (SSSR count). The normalized spacial score (nSPS) is 13.9. The molecular weight excluding hydrogens is 312 g/mol. The predicted molar refractivity (Wildman–Crippen MR) is 87.1 cm³/mol. The molecule has 0 aromatic heterocycles. The van der Waals surface area contributed by atoms with E-state index in [9.17, 15) is 20.1 Å². The lowest BCUT2D eigenvalue weighted by Gasteiger charge is -2.39. The van der Waals surface area contributed by atoms with Gasteiger partial charge in [0.25, 0.3) is 0 Å². The highest BCUT2D eigenvalue weighted by molar-refractivity contribution is 5.68. The molecule has 0 spiro atoms. The smallest absolute Gasteiger partial charge is 0.180 e. The number of methoxy groups -OCH3 is 2. The van der Waals surface area contributed by atoms with E-state index in [0.717, 1.165) is 0 Å². The van der Waals surface area contributed by atoms with E-state index in [1.54, 1.807) is 24.3 Å². The Hall–Kier alpha value is -2.41. The monoisotopic (exact) mass is 332 g/mol. The summed E-state index contributed by atoms with van der Waals surface area (Å²) in [7, 11) is 3.00. The molecule has 2 aromatic rings. The molecule has 24 heavy (non-hydrogen) atoms. The van der Waals surface area contributed by atoms with Crippen molar-refractivity contribution in [3.63, 3.8) is 0 Å². The Morgan fingerprint density at radius 3 is 1.50 bits per heavy atom. The van der Waals surface area contributed by atoms with Gasteiger partial charge >= 0.3 is 0 Å². The molecule has 0 fully saturated rings. The van der Waals surface area contributed by atoms with Crippen LogP contribution in [0.3, 0.4) is 0 Å². The van der Waals surface area contributed by atoms with E-state index in [-0.39, 0.29) is 17.4 Å². The molecule has 1 unspecified atom stereocenters. The lowest BCUT2D eigenvalue weighted by atomic mass is 9.74. The van der Waals surface area contributed by atoms with Gasteiger partial charge in [-0.1, -0.05) is 24.3 Å². The SMILES string of the molecule is COc1ccc(C(O)(c2ccc(OC)cc2)C(O)(C=O)CO)cc1. The fourth-order valence-corrected chi connectivity index (χ4v) is 2.57. The van der Waals surface area contributed by atoms with Gasteiger partial charge in [-0.25, -0.2) is 0 Å². The summed E-state index contributed by atoms with van der Waals surface area (Å²) in [6.45, 7) is -0.953. The molecule has 2 aromatic carbocycles. The second-order valence-electron chi connectivity index (χ2n) is 5.37. The molecular formula is C18H20O6. The van der Waals surface area contributed by atoms with Crippen molar-refractivity contribution < 1.29 is 29.6 Å². The third-order valence-electron chi connectivity index (χ3n) is 4.08. The van der Waals surface area contributed by atoms with Crippen LogP contribution in [-0.2, 0) is 10.4 Å². The van der Waals surface area contributed by atoms with Crippen molar-refractivity contribution in [3.8, 4) is 11.5 Å². The number of aliphatic hydroxyl groups excluding tert-OH is 1. The maximum Gasteiger partial charge on any atom is 0.180 e. The maximum atomic E-state index is 11.5. The highest BCUT2D eigenvalue weighted by atomic mass is 16.5. The quantitative estimate of drug-likeness (QED) is 0.651. The molecule has 0 amide bonds. The Labute approximate surface area is 139 Å². The number of carbonyl (C=O) groups excluding carboxylic acids is 1. The molecule has 0 radical (unpaired) electrons. The van der Waals surface area contributed by atoms with Crippen LogP contribution < -0.4 is 9.47 Å². The Bertz CT molecular complexity index is 632. The van der Waals surface area contributed by atoms with Gasteiger partial charge in [-0.15, -0.1) is 0 Å². The van der Waals surface area contributed by atoms with Gasteiger partial charge in [-0.05, 0) is 35.4 Å². The van der Waals surface area contributed by atoms with Crippen LogP contribution in [0.4, 0.5) is 0 Å². The average Bonchev–Trinajstić information content (AvgIpc) is 2.66. The zero-order valence-electron chi connectivity index (χ0n) is 13.5. The second-order valence-corrected chi connectivity index (χ2v) is 5.37. The summed E-state index contributed by atoms with van der Waals surface area (Å²) in [4.78, 5) is 11.5. The summed E-state index contributed by atoms with van der Waals surface area (Å²) in [5, 5.41) is 31.4. The van der Waals surface area contributed by atoms with E-state index in [1.807, 2.05) is 0 Å². The standard InChI is InChI=1S/C18H20O6/c1-23-15-7-3-13(4-8-15)18(22,17(21,11-19)12-20)14-5-9-16(24-2)10-6-14/h3-11,20-22H,12H2,1-2H3.